The third-order valence-electron chi connectivity index (χ3n) is 2.99. The number of anilines is 1. The van der Waals surface area contributed by atoms with Crippen molar-refractivity contribution in [3.05, 3.63) is 29.3 Å². The van der Waals surface area contributed by atoms with Gasteiger partial charge in [-0.25, -0.2) is 0 Å². The van der Waals surface area contributed by atoms with Gasteiger partial charge in [0.1, 0.15) is 0 Å². The van der Waals surface area contributed by atoms with Crippen LogP contribution in [0.5, 0.6) is 0 Å². The lowest BCUT2D eigenvalue weighted by Gasteiger charge is -2.26. The molecule has 0 fully saturated rings. The highest BCUT2D eigenvalue weighted by Crippen LogP contribution is 2.21. The van der Waals surface area contributed by atoms with Crippen molar-refractivity contribution in [1.29, 1.82) is 0 Å². The average Bonchev–Trinajstić information content (AvgIpc) is 2.33. The van der Waals surface area contributed by atoms with Gasteiger partial charge < -0.3 is 5.73 Å². The zero-order valence-electron chi connectivity index (χ0n) is 12.0. The first kappa shape index (κ1) is 15.9. The van der Waals surface area contributed by atoms with E-state index in [0.717, 1.165) is 11.1 Å². The maximum absolute atomic E-state index is 12.4. The van der Waals surface area contributed by atoms with Crippen LogP contribution >= 0.6 is 0 Å². The van der Waals surface area contributed by atoms with Crippen molar-refractivity contribution in [2.75, 3.05) is 31.5 Å². The van der Waals surface area contributed by atoms with Crippen molar-refractivity contribution < 1.29 is 8.42 Å². The van der Waals surface area contributed by atoms with Crippen molar-refractivity contribution in [1.82, 2.24) is 4.31 Å². The molecule has 0 aliphatic rings. The fourth-order valence-electron chi connectivity index (χ4n) is 1.90. The number of benzene rings is 1. The highest BCUT2D eigenvalue weighted by Gasteiger charge is 2.23. The van der Waals surface area contributed by atoms with Gasteiger partial charge >= 0.3 is 10.2 Å². The monoisotopic (exact) mass is 285 g/mol. The maximum atomic E-state index is 12.4. The van der Waals surface area contributed by atoms with Gasteiger partial charge in [-0.1, -0.05) is 6.07 Å². The summed E-state index contributed by atoms with van der Waals surface area (Å²) in [6, 6.07) is 5.74. The Morgan fingerprint density at radius 3 is 2.11 bits per heavy atom. The van der Waals surface area contributed by atoms with Crippen LogP contribution in [0.4, 0.5) is 5.69 Å². The maximum Gasteiger partial charge on any atom is 0.303 e. The summed E-state index contributed by atoms with van der Waals surface area (Å²) in [6.45, 7) is 4.81. The smallest absolute Gasteiger partial charge is 0.303 e. The van der Waals surface area contributed by atoms with Gasteiger partial charge in [-0.2, -0.15) is 12.7 Å². The van der Waals surface area contributed by atoms with Gasteiger partial charge in [0.2, 0.25) is 0 Å². The van der Waals surface area contributed by atoms with Crippen LogP contribution in [0.1, 0.15) is 17.5 Å². The van der Waals surface area contributed by atoms with Crippen LogP contribution in [0.25, 0.3) is 0 Å². The molecule has 0 aliphatic carbocycles. The number of rotatable bonds is 6. The summed E-state index contributed by atoms with van der Waals surface area (Å²) in [7, 11) is -0.341. The van der Waals surface area contributed by atoms with Crippen molar-refractivity contribution in [2.24, 2.45) is 5.73 Å². The summed E-state index contributed by atoms with van der Waals surface area (Å²) in [6.07, 6.45) is 0.649. The van der Waals surface area contributed by atoms with E-state index in [-0.39, 0.29) is 0 Å². The molecule has 0 bridgehead atoms. The highest BCUT2D eigenvalue weighted by molar-refractivity contribution is 7.90. The number of nitrogens with zero attached hydrogens (tertiary/aromatic N) is 2. The van der Waals surface area contributed by atoms with E-state index >= 15 is 0 Å². The molecule has 0 atom stereocenters. The third kappa shape index (κ3) is 3.92. The summed E-state index contributed by atoms with van der Waals surface area (Å²) >= 11 is 0. The molecule has 0 amide bonds. The Bertz CT molecular complexity index is 508. The molecule has 19 heavy (non-hydrogen) atoms. The molecule has 0 aromatic heterocycles. The molecular weight excluding hydrogens is 262 g/mol. The van der Waals surface area contributed by atoms with Gasteiger partial charge in [0.15, 0.2) is 0 Å². The predicted octanol–water partition coefficient (Wildman–Crippen LogP) is 1.27. The van der Waals surface area contributed by atoms with Crippen LogP contribution in [-0.4, -0.2) is 39.9 Å². The van der Waals surface area contributed by atoms with E-state index < -0.39 is 10.2 Å². The van der Waals surface area contributed by atoms with Gasteiger partial charge in [-0.15, -0.1) is 0 Å². The molecule has 0 unspecified atom stereocenters. The second kappa shape index (κ2) is 6.36. The lowest BCUT2D eigenvalue weighted by Crippen LogP contribution is -2.40. The Morgan fingerprint density at radius 1 is 1.11 bits per heavy atom. The molecule has 0 heterocycles. The molecular formula is C13H23N3O2S. The minimum Gasteiger partial charge on any atom is -0.330 e. The van der Waals surface area contributed by atoms with E-state index in [1.807, 2.05) is 32.0 Å². The second-order valence-corrected chi connectivity index (χ2v) is 6.85. The van der Waals surface area contributed by atoms with Crippen molar-refractivity contribution in [2.45, 2.75) is 20.3 Å². The Kier molecular flexibility index (Phi) is 5.34. The fraction of sp³-hybridized carbons (Fsp3) is 0.538. The minimum atomic E-state index is -3.49. The molecule has 1 aromatic carbocycles. The van der Waals surface area contributed by atoms with Gasteiger partial charge in [-0.05, 0) is 50.1 Å². The number of aryl methyl sites for hydroxylation is 2. The predicted molar refractivity (Wildman–Crippen MR) is 79.5 cm³/mol. The molecule has 0 aliphatic heterocycles. The summed E-state index contributed by atoms with van der Waals surface area (Å²) in [5.41, 5.74) is 8.18. The fourth-order valence-corrected chi connectivity index (χ4v) is 3.05. The van der Waals surface area contributed by atoms with Crippen molar-refractivity contribution in [3.8, 4) is 0 Å². The van der Waals surface area contributed by atoms with E-state index in [1.165, 1.54) is 8.61 Å². The first-order chi connectivity index (χ1) is 8.78. The van der Waals surface area contributed by atoms with Gasteiger partial charge in [0, 0.05) is 20.6 Å². The summed E-state index contributed by atoms with van der Waals surface area (Å²) in [5, 5.41) is 0. The Labute approximate surface area is 116 Å². The first-order valence-electron chi connectivity index (χ1n) is 6.27. The molecule has 0 spiro atoms. The van der Waals surface area contributed by atoms with Crippen molar-refractivity contribution >= 4 is 15.9 Å². The van der Waals surface area contributed by atoms with Gasteiger partial charge in [-0.3, -0.25) is 4.31 Å². The van der Waals surface area contributed by atoms with Crippen LogP contribution in [0.3, 0.4) is 0 Å². The van der Waals surface area contributed by atoms with Crippen LogP contribution in [-0.2, 0) is 10.2 Å². The van der Waals surface area contributed by atoms with E-state index in [1.54, 1.807) is 14.1 Å². The molecule has 0 saturated heterocycles. The Balaban J connectivity index is 3.00. The summed E-state index contributed by atoms with van der Waals surface area (Å²) in [4.78, 5) is 0. The zero-order valence-corrected chi connectivity index (χ0v) is 12.9. The van der Waals surface area contributed by atoms with Crippen LogP contribution < -0.4 is 10.0 Å². The third-order valence-corrected chi connectivity index (χ3v) is 4.86. The summed E-state index contributed by atoms with van der Waals surface area (Å²) in [5.74, 6) is 0. The second-order valence-electron chi connectivity index (χ2n) is 4.78. The van der Waals surface area contributed by atoms with Gasteiger partial charge in [0.25, 0.3) is 0 Å². The van der Waals surface area contributed by atoms with Crippen LogP contribution in [0, 0.1) is 13.8 Å². The number of nitrogens with two attached hydrogens (primary N) is 1. The lowest BCUT2D eigenvalue weighted by atomic mass is 10.1. The Morgan fingerprint density at radius 2 is 1.63 bits per heavy atom. The van der Waals surface area contributed by atoms with Crippen LogP contribution in [0.15, 0.2) is 18.2 Å². The molecule has 0 radical (unpaired) electrons. The molecule has 108 valence electrons. The van der Waals surface area contributed by atoms with E-state index in [2.05, 4.69) is 0 Å². The highest BCUT2D eigenvalue weighted by atomic mass is 32.2. The molecule has 6 heteroatoms. The molecule has 1 rings (SSSR count). The van der Waals surface area contributed by atoms with Crippen LogP contribution in [0.2, 0.25) is 0 Å². The molecule has 0 saturated carbocycles. The zero-order chi connectivity index (χ0) is 14.6. The standard InChI is InChI=1S/C13H23N3O2S/c1-11-8-12(2)10-13(9-11)16(4)19(17,18)15(3)7-5-6-14/h8-10H,5-7,14H2,1-4H3. The van der Waals surface area contributed by atoms with E-state index in [9.17, 15) is 8.42 Å². The average molecular weight is 285 g/mol. The number of hydrogen-bond donors (Lipinski definition) is 1. The first-order valence-corrected chi connectivity index (χ1v) is 7.67. The summed E-state index contributed by atoms with van der Waals surface area (Å²) < 4.78 is 27.4. The minimum absolute atomic E-state index is 0.425. The lowest BCUT2D eigenvalue weighted by molar-refractivity contribution is 0.462. The normalized spacial score (nSPS) is 11.9. The molecule has 2 N–H and O–H groups in total. The quantitative estimate of drug-likeness (QED) is 0.856. The van der Waals surface area contributed by atoms with Crippen molar-refractivity contribution in [3.63, 3.8) is 0 Å². The van der Waals surface area contributed by atoms with E-state index in [4.69, 9.17) is 5.73 Å². The molecule has 5 nitrogen and oxygen atoms in total. The van der Waals surface area contributed by atoms with E-state index in [0.29, 0.717) is 25.2 Å². The van der Waals surface area contributed by atoms with Gasteiger partial charge in [0.05, 0.1) is 5.69 Å². The number of hydrogen-bond acceptors (Lipinski definition) is 3. The SMILES string of the molecule is Cc1cc(C)cc(N(C)S(=O)(=O)N(C)CCCN)c1. The molecule has 1 aromatic rings. The largest absolute Gasteiger partial charge is 0.330 e. The Hall–Kier alpha value is -1.11. The topological polar surface area (TPSA) is 66.6 Å².